The molecule has 0 aliphatic rings. The summed E-state index contributed by atoms with van der Waals surface area (Å²) in [5, 5.41) is 2.88. The maximum atomic E-state index is 11.2. The lowest BCUT2D eigenvalue weighted by atomic mass is 10.2. The predicted octanol–water partition coefficient (Wildman–Crippen LogP) is 1.41. The fourth-order valence-corrected chi connectivity index (χ4v) is 1.01. The number of carbonyl (C=O) groups excluding carboxylic acids is 1. The molecule has 0 rings (SSSR count). The molecule has 1 N–H and O–H groups in total. The number of allylic oxidation sites excluding steroid dienone is 2. The van der Waals surface area contributed by atoms with Gasteiger partial charge >= 0.3 is 0 Å². The SMILES string of the molecule is CC/C=C/CCC(=O)NCCN(C)C. The Bertz CT molecular complexity index is 176. The van der Waals surface area contributed by atoms with Gasteiger partial charge in [0.15, 0.2) is 0 Å². The van der Waals surface area contributed by atoms with E-state index in [1.807, 2.05) is 14.1 Å². The zero-order valence-corrected chi connectivity index (χ0v) is 9.55. The van der Waals surface area contributed by atoms with Gasteiger partial charge in [-0.2, -0.15) is 0 Å². The maximum Gasteiger partial charge on any atom is 0.220 e. The molecule has 3 heteroatoms. The van der Waals surface area contributed by atoms with Crippen molar-refractivity contribution in [3.63, 3.8) is 0 Å². The lowest BCUT2D eigenvalue weighted by Crippen LogP contribution is -2.31. The molecule has 14 heavy (non-hydrogen) atoms. The lowest BCUT2D eigenvalue weighted by molar-refractivity contribution is -0.121. The molecule has 0 aromatic rings. The minimum atomic E-state index is 0.146. The summed E-state index contributed by atoms with van der Waals surface area (Å²) in [6.07, 6.45) is 6.65. The zero-order valence-electron chi connectivity index (χ0n) is 9.55. The molecule has 0 fully saturated rings. The van der Waals surface area contributed by atoms with E-state index >= 15 is 0 Å². The van der Waals surface area contributed by atoms with Gasteiger partial charge in [0.05, 0.1) is 0 Å². The lowest BCUT2D eigenvalue weighted by Gasteiger charge is -2.09. The number of nitrogens with zero attached hydrogens (tertiary/aromatic N) is 1. The largest absolute Gasteiger partial charge is 0.355 e. The highest BCUT2D eigenvalue weighted by molar-refractivity contribution is 5.75. The first-order valence-corrected chi connectivity index (χ1v) is 5.23. The average Bonchev–Trinajstić information content (AvgIpc) is 2.12. The van der Waals surface area contributed by atoms with Crippen molar-refractivity contribution in [2.45, 2.75) is 26.2 Å². The van der Waals surface area contributed by atoms with Gasteiger partial charge in [0.25, 0.3) is 0 Å². The molecule has 0 heterocycles. The molecular weight excluding hydrogens is 176 g/mol. The summed E-state index contributed by atoms with van der Waals surface area (Å²) < 4.78 is 0. The van der Waals surface area contributed by atoms with Crippen molar-refractivity contribution in [1.82, 2.24) is 10.2 Å². The predicted molar refractivity (Wildman–Crippen MR) is 60.2 cm³/mol. The number of rotatable bonds is 7. The number of carbonyl (C=O) groups is 1. The van der Waals surface area contributed by atoms with Crippen molar-refractivity contribution in [3.8, 4) is 0 Å². The summed E-state index contributed by atoms with van der Waals surface area (Å²) in [5.41, 5.74) is 0. The quantitative estimate of drug-likeness (QED) is 0.627. The first kappa shape index (κ1) is 13.2. The third-order valence-electron chi connectivity index (χ3n) is 1.82. The summed E-state index contributed by atoms with van der Waals surface area (Å²) in [7, 11) is 3.99. The van der Waals surface area contributed by atoms with Gasteiger partial charge in [-0.25, -0.2) is 0 Å². The Balaban J connectivity index is 3.32. The minimum Gasteiger partial charge on any atom is -0.355 e. The van der Waals surface area contributed by atoms with Crippen molar-refractivity contribution in [2.24, 2.45) is 0 Å². The molecule has 3 nitrogen and oxygen atoms in total. The van der Waals surface area contributed by atoms with E-state index in [1.165, 1.54) is 0 Å². The van der Waals surface area contributed by atoms with Gasteiger partial charge < -0.3 is 10.2 Å². The van der Waals surface area contributed by atoms with Crippen LogP contribution in [0.4, 0.5) is 0 Å². The molecule has 0 aliphatic carbocycles. The fraction of sp³-hybridized carbons (Fsp3) is 0.727. The monoisotopic (exact) mass is 198 g/mol. The van der Waals surface area contributed by atoms with E-state index in [1.54, 1.807) is 0 Å². The summed E-state index contributed by atoms with van der Waals surface area (Å²) in [6, 6.07) is 0. The number of amides is 1. The molecule has 0 aromatic carbocycles. The van der Waals surface area contributed by atoms with Crippen molar-refractivity contribution in [2.75, 3.05) is 27.2 Å². The van der Waals surface area contributed by atoms with Gasteiger partial charge in [0.1, 0.15) is 0 Å². The van der Waals surface area contributed by atoms with Crippen LogP contribution < -0.4 is 5.32 Å². The Labute approximate surface area is 87.2 Å². The van der Waals surface area contributed by atoms with E-state index in [2.05, 4.69) is 29.3 Å². The Morgan fingerprint density at radius 2 is 2.07 bits per heavy atom. The van der Waals surface area contributed by atoms with Crippen molar-refractivity contribution >= 4 is 5.91 Å². The van der Waals surface area contributed by atoms with Crippen LogP contribution in [0.15, 0.2) is 12.2 Å². The second kappa shape index (κ2) is 8.75. The van der Waals surface area contributed by atoms with Gasteiger partial charge in [0, 0.05) is 19.5 Å². The van der Waals surface area contributed by atoms with Gasteiger partial charge in [0.2, 0.25) is 5.91 Å². The topological polar surface area (TPSA) is 32.3 Å². The van der Waals surface area contributed by atoms with Crippen LogP contribution in [0.25, 0.3) is 0 Å². The van der Waals surface area contributed by atoms with Crippen molar-refractivity contribution < 1.29 is 4.79 Å². The highest BCUT2D eigenvalue weighted by Gasteiger charge is 1.98. The Hall–Kier alpha value is -0.830. The average molecular weight is 198 g/mol. The highest BCUT2D eigenvalue weighted by atomic mass is 16.1. The molecule has 0 unspecified atom stereocenters. The van der Waals surface area contributed by atoms with Crippen LogP contribution in [0.2, 0.25) is 0 Å². The van der Waals surface area contributed by atoms with E-state index in [-0.39, 0.29) is 5.91 Å². The zero-order chi connectivity index (χ0) is 10.8. The molecule has 0 spiro atoms. The Morgan fingerprint density at radius 3 is 2.64 bits per heavy atom. The standard InChI is InChI=1S/C11H22N2O/c1-4-5-6-7-8-11(14)12-9-10-13(2)3/h5-6H,4,7-10H2,1-3H3,(H,12,14)/b6-5+. The first-order chi connectivity index (χ1) is 6.66. The van der Waals surface area contributed by atoms with Crippen LogP contribution in [0.3, 0.4) is 0 Å². The third kappa shape index (κ3) is 9.26. The Kier molecular flexibility index (Phi) is 8.24. The van der Waals surface area contributed by atoms with Crippen LogP contribution >= 0.6 is 0 Å². The van der Waals surface area contributed by atoms with Gasteiger partial charge in [-0.05, 0) is 26.9 Å². The van der Waals surface area contributed by atoms with E-state index in [4.69, 9.17) is 0 Å². The summed E-state index contributed by atoms with van der Waals surface area (Å²) in [6.45, 7) is 3.73. The van der Waals surface area contributed by atoms with Gasteiger partial charge in [-0.1, -0.05) is 19.1 Å². The van der Waals surface area contributed by atoms with Gasteiger partial charge in [-0.15, -0.1) is 0 Å². The summed E-state index contributed by atoms with van der Waals surface area (Å²) in [4.78, 5) is 13.3. The molecule has 0 aliphatic heterocycles. The molecule has 0 bridgehead atoms. The molecule has 0 atom stereocenters. The van der Waals surface area contributed by atoms with E-state index in [0.29, 0.717) is 6.42 Å². The number of hydrogen-bond donors (Lipinski definition) is 1. The van der Waals surface area contributed by atoms with Crippen molar-refractivity contribution in [3.05, 3.63) is 12.2 Å². The highest BCUT2D eigenvalue weighted by Crippen LogP contribution is 1.92. The Morgan fingerprint density at radius 1 is 1.36 bits per heavy atom. The number of nitrogens with one attached hydrogen (secondary N) is 1. The molecule has 0 saturated carbocycles. The van der Waals surface area contributed by atoms with Crippen LogP contribution in [0, 0.1) is 0 Å². The molecule has 0 saturated heterocycles. The van der Waals surface area contributed by atoms with Crippen LogP contribution in [-0.2, 0) is 4.79 Å². The minimum absolute atomic E-state index is 0.146. The summed E-state index contributed by atoms with van der Waals surface area (Å²) >= 11 is 0. The van der Waals surface area contributed by atoms with Gasteiger partial charge in [-0.3, -0.25) is 4.79 Å². The normalized spacial score (nSPS) is 11.1. The molecule has 82 valence electrons. The number of hydrogen-bond acceptors (Lipinski definition) is 2. The molecule has 0 radical (unpaired) electrons. The number of likely N-dealkylation sites (N-methyl/N-ethyl adjacent to an activating group) is 1. The van der Waals surface area contributed by atoms with Crippen LogP contribution in [0.5, 0.6) is 0 Å². The van der Waals surface area contributed by atoms with E-state index in [0.717, 1.165) is 25.9 Å². The maximum absolute atomic E-state index is 11.2. The van der Waals surface area contributed by atoms with Crippen LogP contribution in [0.1, 0.15) is 26.2 Å². The molecular formula is C11H22N2O. The molecule has 1 amide bonds. The summed E-state index contributed by atoms with van der Waals surface area (Å²) in [5.74, 6) is 0.146. The van der Waals surface area contributed by atoms with E-state index < -0.39 is 0 Å². The second-order valence-corrected chi connectivity index (χ2v) is 3.57. The molecule has 0 aromatic heterocycles. The smallest absolute Gasteiger partial charge is 0.220 e. The third-order valence-corrected chi connectivity index (χ3v) is 1.82. The van der Waals surface area contributed by atoms with Crippen LogP contribution in [-0.4, -0.2) is 38.0 Å². The fourth-order valence-electron chi connectivity index (χ4n) is 1.01. The first-order valence-electron chi connectivity index (χ1n) is 5.23. The van der Waals surface area contributed by atoms with Crippen molar-refractivity contribution in [1.29, 1.82) is 0 Å². The second-order valence-electron chi connectivity index (χ2n) is 3.57. The van der Waals surface area contributed by atoms with E-state index in [9.17, 15) is 4.79 Å².